The van der Waals surface area contributed by atoms with Gasteiger partial charge in [-0.1, -0.05) is 30.3 Å². The summed E-state index contributed by atoms with van der Waals surface area (Å²) >= 11 is 0. The molecular weight excluding hydrogens is 305 g/mol. The average molecular weight is 321 g/mol. The third-order valence-corrected chi connectivity index (χ3v) is 3.60. The highest BCUT2D eigenvalue weighted by Gasteiger charge is 2.13. The Morgan fingerprint density at radius 2 is 1.71 bits per heavy atom. The minimum Gasteiger partial charge on any atom is -0.489 e. The molecule has 0 aliphatic heterocycles. The van der Waals surface area contributed by atoms with E-state index in [1.165, 1.54) is 12.1 Å². The molecule has 120 valence electrons. The van der Waals surface area contributed by atoms with Crippen LogP contribution in [-0.2, 0) is 13.0 Å². The van der Waals surface area contributed by atoms with Gasteiger partial charge in [0.15, 0.2) is 5.78 Å². The Kier molecular flexibility index (Phi) is 4.96. The highest BCUT2D eigenvalue weighted by Crippen LogP contribution is 2.19. The number of pyridine rings is 1. The van der Waals surface area contributed by atoms with Gasteiger partial charge in [0.1, 0.15) is 18.2 Å². The summed E-state index contributed by atoms with van der Waals surface area (Å²) in [7, 11) is 0. The lowest BCUT2D eigenvalue weighted by atomic mass is 10.0. The maximum Gasteiger partial charge on any atom is 0.170 e. The van der Waals surface area contributed by atoms with Gasteiger partial charge in [0, 0.05) is 24.9 Å². The molecule has 0 spiro atoms. The lowest BCUT2D eigenvalue weighted by Gasteiger charge is -2.08. The summed E-state index contributed by atoms with van der Waals surface area (Å²) in [6, 6.07) is 17.5. The molecule has 4 heteroatoms. The van der Waals surface area contributed by atoms with E-state index in [0.29, 0.717) is 12.4 Å². The number of hydrogen-bond donors (Lipinski definition) is 0. The molecule has 3 aromatic rings. The Bertz CT molecular complexity index is 820. The number of halogens is 1. The molecule has 24 heavy (non-hydrogen) atoms. The van der Waals surface area contributed by atoms with Crippen molar-refractivity contribution in [3.8, 4) is 5.75 Å². The number of benzene rings is 2. The minimum absolute atomic E-state index is 0.0684. The highest BCUT2D eigenvalue weighted by molar-refractivity contribution is 5.97. The molecule has 3 rings (SSSR count). The van der Waals surface area contributed by atoms with Crippen LogP contribution >= 0.6 is 0 Å². The van der Waals surface area contributed by atoms with E-state index in [-0.39, 0.29) is 17.8 Å². The van der Waals surface area contributed by atoms with Gasteiger partial charge < -0.3 is 4.74 Å². The second-order valence-electron chi connectivity index (χ2n) is 5.37. The number of carbonyl (C=O) groups is 1. The van der Waals surface area contributed by atoms with Crippen molar-refractivity contribution in [2.45, 2.75) is 13.0 Å². The van der Waals surface area contributed by atoms with E-state index in [1.807, 2.05) is 30.3 Å². The fourth-order valence-corrected chi connectivity index (χ4v) is 2.33. The van der Waals surface area contributed by atoms with Crippen LogP contribution in [0.5, 0.6) is 5.75 Å². The summed E-state index contributed by atoms with van der Waals surface area (Å²) in [4.78, 5) is 16.1. The number of Topliss-reactive ketones (excluding diaryl/α,β-unsaturated/α-hetero) is 1. The van der Waals surface area contributed by atoms with Crippen molar-refractivity contribution >= 4 is 5.78 Å². The molecule has 1 aromatic heterocycles. The van der Waals surface area contributed by atoms with Crippen molar-refractivity contribution in [1.29, 1.82) is 0 Å². The van der Waals surface area contributed by atoms with Crippen molar-refractivity contribution < 1.29 is 13.9 Å². The maximum absolute atomic E-state index is 14.2. The Labute approximate surface area is 139 Å². The predicted molar refractivity (Wildman–Crippen MR) is 89.4 cm³/mol. The van der Waals surface area contributed by atoms with Gasteiger partial charge in [-0.3, -0.25) is 9.78 Å². The number of hydrogen-bond acceptors (Lipinski definition) is 3. The quantitative estimate of drug-likeness (QED) is 0.638. The number of ether oxygens (including phenoxy) is 1. The van der Waals surface area contributed by atoms with Crippen LogP contribution < -0.4 is 4.74 Å². The zero-order chi connectivity index (χ0) is 16.8. The van der Waals surface area contributed by atoms with Gasteiger partial charge in [0.25, 0.3) is 0 Å². The van der Waals surface area contributed by atoms with Crippen LogP contribution in [0.15, 0.2) is 73.1 Å². The van der Waals surface area contributed by atoms with Gasteiger partial charge in [-0.25, -0.2) is 4.39 Å². The number of aromatic nitrogens is 1. The Morgan fingerprint density at radius 1 is 0.958 bits per heavy atom. The lowest BCUT2D eigenvalue weighted by Crippen LogP contribution is -2.06. The summed E-state index contributed by atoms with van der Waals surface area (Å²) in [6.07, 6.45) is 3.36. The fraction of sp³-hybridized carbons (Fsp3) is 0.100. The van der Waals surface area contributed by atoms with Crippen molar-refractivity contribution in [3.05, 3.63) is 95.6 Å². The second kappa shape index (κ2) is 7.51. The molecule has 2 aromatic carbocycles. The van der Waals surface area contributed by atoms with Gasteiger partial charge in [0.05, 0.1) is 5.56 Å². The zero-order valence-electron chi connectivity index (χ0n) is 13.0. The number of rotatable bonds is 6. The van der Waals surface area contributed by atoms with E-state index in [4.69, 9.17) is 4.74 Å². The largest absolute Gasteiger partial charge is 0.489 e. The smallest absolute Gasteiger partial charge is 0.170 e. The standard InChI is InChI=1S/C20H16FNO2/c21-19-13-17(24-14-16-4-2-1-3-5-16)6-7-18(19)20(23)12-15-8-10-22-11-9-15/h1-11,13H,12,14H2. The molecule has 0 fully saturated rings. The first kappa shape index (κ1) is 15.9. The zero-order valence-corrected chi connectivity index (χ0v) is 13.0. The van der Waals surface area contributed by atoms with E-state index in [0.717, 1.165) is 11.1 Å². The number of carbonyl (C=O) groups excluding carboxylic acids is 1. The van der Waals surface area contributed by atoms with Crippen LogP contribution in [0.3, 0.4) is 0 Å². The van der Waals surface area contributed by atoms with E-state index in [1.54, 1.807) is 30.6 Å². The third kappa shape index (κ3) is 4.04. The topological polar surface area (TPSA) is 39.2 Å². The summed E-state index contributed by atoms with van der Waals surface area (Å²) in [6.45, 7) is 0.352. The Hall–Kier alpha value is -3.01. The third-order valence-electron chi connectivity index (χ3n) is 3.60. The van der Waals surface area contributed by atoms with Crippen molar-refractivity contribution in [2.24, 2.45) is 0 Å². The Morgan fingerprint density at radius 3 is 2.42 bits per heavy atom. The molecule has 0 atom stereocenters. The molecule has 0 saturated carbocycles. The monoisotopic (exact) mass is 321 g/mol. The van der Waals surface area contributed by atoms with Gasteiger partial charge in [0.2, 0.25) is 0 Å². The molecule has 0 aliphatic rings. The summed E-state index contributed by atoms with van der Waals surface area (Å²) in [5.74, 6) is -0.440. The van der Waals surface area contributed by atoms with E-state index >= 15 is 0 Å². The van der Waals surface area contributed by atoms with Crippen LogP contribution in [0.2, 0.25) is 0 Å². The van der Waals surface area contributed by atoms with Crippen molar-refractivity contribution in [2.75, 3.05) is 0 Å². The Balaban J connectivity index is 1.67. The molecule has 0 bridgehead atoms. The van der Waals surface area contributed by atoms with Crippen molar-refractivity contribution in [3.63, 3.8) is 0 Å². The van der Waals surface area contributed by atoms with Crippen LogP contribution in [0.4, 0.5) is 4.39 Å². The van der Waals surface area contributed by atoms with E-state index < -0.39 is 5.82 Å². The summed E-state index contributed by atoms with van der Waals surface area (Å²) in [5, 5.41) is 0. The predicted octanol–water partition coefficient (Wildman–Crippen LogP) is 4.23. The first-order valence-electron chi connectivity index (χ1n) is 7.61. The van der Waals surface area contributed by atoms with Crippen molar-refractivity contribution in [1.82, 2.24) is 4.98 Å². The normalized spacial score (nSPS) is 10.4. The molecular formula is C20H16FNO2. The first-order chi connectivity index (χ1) is 11.7. The second-order valence-corrected chi connectivity index (χ2v) is 5.37. The van der Waals surface area contributed by atoms with Gasteiger partial charge in [-0.15, -0.1) is 0 Å². The number of nitrogens with zero attached hydrogens (tertiary/aromatic N) is 1. The van der Waals surface area contributed by atoms with Crippen LogP contribution in [0.1, 0.15) is 21.5 Å². The molecule has 0 saturated heterocycles. The average Bonchev–Trinajstić information content (AvgIpc) is 2.61. The van der Waals surface area contributed by atoms with Crippen LogP contribution in [-0.4, -0.2) is 10.8 Å². The molecule has 0 amide bonds. The van der Waals surface area contributed by atoms with Gasteiger partial charge in [-0.2, -0.15) is 0 Å². The lowest BCUT2D eigenvalue weighted by molar-refractivity contribution is 0.0989. The highest BCUT2D eigenvalue weighted by atomic mass is 19.1. The molecule has 1 heterocycles. The van der Waals surface area contributed by atoms with Gasteiger partial charge >= 0.3 is 0 Å². The first-order valence-corrected chi connectivity index (χ1v) is 7.61. The maximum atomic E-state index is 14.2. The molecule has 0 radical (unpaired) electrons. The van der Waals surface area contributed by atoms with Gasteiger partial charge in [-0.05, 0) is 35.4 Å². The SMILES string of the molecule is O=C(Cc1ccncc1)c1ccc(OCc2ccccc2)cc1F. The molecule has 0 aliphatic carbocycles. The van der Waals surface area contributed by atoms with Crippen LogP contribution in [0.25, 0.3) is 0 Å². The van der Waals surface area contributed by atoms with E-state index in [2.05, 4.69) is 4.98 Å². The minimum atomic E-state index is -0.570. The molecule has 0 unspecified atom stereocenters. The fourth-order valence-electron chi connectivity index (χ4n) is 2.33. The molecule has 3 nitrogen and oxygen atoms in total. The van der Waals surface area contributed by atoms with Crippen LogP contribution in [0, 0.1) is 5.82 Å². The summed E-state index contributed by atoms with van der Waals surface area (Å²) in [5.41, 5.74) is 1.87. The van der Waals surface area contributed by atoms with E-state index in [9.17, 15) is 9.18 Å². The summed E-state index contributed by atoms with van der Waals surface area (Å²) < 4.78 is 19.8. The number of ketones is 1. The molecule has 0 N–H and O–H groups in total.